The summed E-state index contributed by atoms with van der Waals surface area (Å²) in [5, 5.41) is 2.61. The van der Waals surface area contributed by atoms with Crippen molar-refractivity contribution in [1.29, 1.82) is 0 Å². The molecule has 3 amide bonds. The van der Waals surface area contributed by atoms with Crippen LogP contribution in [0.5, 0.6) is 0 Å². The van der Waals surface area contributed by atoms with E-state index in [9.17, 15) is 23.6 Å². The maximum atomic E-state index is 12.9. The molecule has 0 spiro atoms. The van der Waals surface area contributed by atoms with Crippen molar-refractivity contribution in [2.75, 3.05) is 13.2 Å². The highest BCUT2D eigenvalue weighted by atomic mass is 19.1. The van der Waals surface area contributed by atoms with Crippen molar-refractivity contribution < 1.29 is 28.3 Å². The molecule has 3 rings (SSSR count). The van der Waals surface area contributed by atoms with Crippen LogP contribution in [0.25, 0.3) is 0 Å². The molecule has 3 atom stereocenters. The third-order valence-corrected chi connectivity index (χ3v) is 5.60. The topological polar surface area (TPSA) is 92.8 Å². The number of hydrogen-bond acceptors (Lipinski definition) is 5. The zero-order chi connectivity index (χ0) is 21.0. The van der Waals surface area contributed by atoms with Crippen molar-refractivity contribution in [3.8, 4) is 0 Å². The van der Waals surface area contributed by atoms with Gasteiger partial charge in [-0.2, -0.15) is 0 Å². The summed E-state index contributed by atoms with van der Waals surface area (Å²) in [7, 11) is 0. The number of halogens is 1. The Balaban J connectivity index is 1.43. The van der Waals surface area contributed by atoms with E-state index in [0.717, 1.165) is 23.3 Å². The number of nitrogens with one attached hydrogen (secondary N) is 1. The lowest BCUT2D eigenvalue weighted by Crippen LogP contribution is -2.45. The second-order valence-electron chi connectivity index (χ2n) is 7.55. The number of carbonyl (C=O) groups is 4. The molecule has 0 aromatic heterocycles. The quantitative estimate of drug-likeness (QED) is 0.550. The van der Waals surface area contributed by atoms with Crippen LogP contribution < -0.4 is 5.32 Å². The summed E-state index contributed by atoms with van der Waals surface area (Å²) in [5.41, 5.74) is 0.866. The molecule has 0 bridgehead atoms. The number of fused-ring (bicyclic) bond motifs is 1. The van der Waals surface area contributed by atoms with E-state index in [2.05, 4.69) is 5.32 Å². The van der Waals surface area contributed by atoms with E-state index in [1.807, 2.05) is 0 Å². The summed E-state index contributed by atoms with van der Waals surface area (Å²) in [6.07, 6.45) is 3.67. The average Bonchev–Trinajstić information content (AvgIpc) is 2.98. The fourth-order valence-corrected chi connectivity index (χ4v) is 3.98. The fourth-order valence-electron chi connectivity index (χ4n) is 3.98. The molecule has 1 saturated heterocycles. The van der Waals surface area contributed by atoms with Crippen LogP contribution in [0.1, 0.15) is 38.2 Å². The number of ether oxygens (including phenoxy) is 1. The Kier molecular flexibility index (Phi) is 6.61. The van der Waals surface area contributed by atoms with Gasteiger partial charge in [-0.05, 0) is 43.9 Å². The molecular formula is C21H25FN2O5. The Bertz CT molecular complexity index is 771. The summed E-state index contributed by atoms with van der Waals surface area (Å²) in [6, 6.07) is 4.90. The normalized spacial score (nSPS) is 22.2. The third kappa shape index (κ3) is 4.81. The van der Waals surface area contributed by atoms with Crippen molar-refractivity contribution >= 4 is 23.7 Å². The Labute approximate surface area is 168 Å². The first-order chi connectivity index (χ1) is 13.9. The van der Waals surface area contributed by atoms with Gasteiger partial charge in [0.05, 0.1) is 11.8 Å². The molecule has 8 heteroatoms. The molecular weight excluding hydrogens is 379 g/mol. The molecule has 1 N–H and O–H groups in total. The number of benzene rings is 1. The lowest BCUT2D eigenvalue weighted by Gasteiger charge is -2.21. The summed E-state index contributed by atoms with van der Waals surface area (Å²) in [5.74, 6) is -2.88. The SMILES string of the molecule is C[C@@H](C(=O)OCC(=O)NCCc1ccc(F)cc1)N1C(=O)[C@@H]2CCCC[C@H]2C1=O. The molecule has 0 unspecified atom stereocenters. The van der Waals surface area contributed by atoms with Crippen LogP contribution in [0.2, 0.25) is 0 Å². The molecule has 0 radical (unpaired) electrons. The van der Waals surface area contributed by atoms with Gasteiger partial charge < -0.3 is 10.1 Å². The minimum Gasteiger partial charge on any atom is -0.454 e. The Morgan fingerprint density at radius 2 is 1.72 bits per heavy atom. The number of amides is 3. The molecule has 1 heterocycles. The summed E-state index contributed by atoms with van der Waals surface area (Å²) in [4.78, 5) is 50.2. The standard InChI is InChI=1S/C21H25FN2O5/c1-13(24-19(26)16-4-2-3-5-17(16)20(24)27)21(28)29-12-18(25)23-11-10-14-6-8-15(22)9-7-14/h6-9,13,16-17H,2-5,10-12H2,1H3,(H,23,25)/t13-,16+,17+/m0/s1. The largest absolute Gasteiger partial charge is 0.454 e. The number of likely N-dealkylation sites (tertiary alicyclic amines) is 1. The van der Waals surface area contributed by atoms with Crippen LogP contribution in [0, 0.1) is 17.7 Å². The van der Waals surface area contributed by atoms with Crippen LogP contribution in [0.4, 0.5) is 4.39 Å². The number of rotatable bonds is 7. The van der Waals surface area contributed by atoms with Gasteiger partial charge in [0, 0.05) is 6.54 Å². The van der Waals surface area contributed by atoms with Crippen molar-refractivity contribution in [3.63, 3.8) is 0 Å². The summed E-state index contributed by atoms with van der Waals surface area (Å²) >= 11 is 0. The predicted octanol–water partition coefficient (Wildman–Crippen LogP) is 1.59. The second-order valence-corrected chi connectivity index (χ2v) is 7.55. The molecule has 29 heavy (non-hydrogen) atoms. The van der Waals surface area contributed by atoms with Crippen molar-refractivity contribution in [2.45, 2.75) is 45.1 Å². The molecule has 1 aromatic carbocycles. The Morgan fingerprint density at radius 3 is 2.31 bits per heavy atom. The second kappa shape index (κ2) is 9.15. The zero-order valence-corrected chi connectivity index (χ0v) is 16.4. The van der Waals surface area contributed by atoms with Gasteiger partial charge in [0.1, 0.15) is 11.9 Å². The van der Waals surface area contributed by atoms with E-state index in [1.54, 1.807) is 12.1 Å². The van der Waals surface area contributed by atoms with Gasteiger partial charge in [-0.25, -0.2) is 9.18 Å². The van der Waals surface area contributed by atoms with Gasteiger partial charge in [-0.1, -0.05) is 25.0 Å². The highest BCUT2D eigenvalue weighted by Crippen LogP contribution is 2.38. The van der Waals surface area contributed by atoms with Crippen molar-refractivity contribution in [2.24, 2.45) is 11.8 Å². The monoisotopic (exact) mass is 404 g/mol. The molecule has 2 fully saturated rings. The van der Waals surface area contributed by atoms with Crippen molar-refractivity contribution in [3.05, 3.63) is 35.6 Å². The van der Waals surface area contributed by atoms with Crippen LogP contribution in [0.3, 0.4) is 0 Å². The lowest BCUT2D eigenvalue weighted by atomic mass is 9.81. The van der Waals surface area contributed by atoms with E-state index >= 15 is 0 Å². The Morgan fingerprint density at radius 1 is 1.14 bits per heavy atom. The highest BCUT2D eigenvalue weighted by molar-refractivity contribution is 6.07. The summed E-state index contributed by atoms with van der Waals surface area (Å²) < 4.78 is 17.9. The van der Waals surface area contributed by atoms with E-state index in [0.29, 0.717) is 25.8 Å². The molecule has 1 aromatic rings. The van der Waals surface area contributed by atoms with Crippen LogP contribution in [0.15, 0.2) is 24.3 Å². The number of hydrogen-bond donors (Lipinski definition) is 1. The fraction of sp³-hybridized carbons (Fsp3) is 0.524. The molecule has 1 aliphatic carbocycles. The van der Waals surface area contributed by atoms with Crippen LogP contribution in [-0.2, 0) is 30.3 Å². The summed E-state index contributed by atoms with van der Waals surface area (Å²) in [6.45, 7) is 1.27. The average molecular weight is 404 g/mol. The van der Waals surface area contributed by atoms with E-state index in [-0.39, 0.29) is 29.5 Å². The molecule has 156 valence electrons. The van der Waals surface area contributed by atoms with Gasteiger partial charge >= 0.3 is 5.97 Å². The number of nitrogens with zero attached hydrogens (tertiary/aromatic N) is 1. The zero-order valence-electron chi connectivity index (χ0n) is 16.4. The third-order valence-electron chi connectivity index (χ3n) is 5.60. The number of imide groups is 1. The smallest absolute Gasteiger partial charge is 0.329 e. The minimum absolute atomic E-state index is 0.310. The first-order valence-corrected chi connectivity index (χ1v) is 9.93. The van der Waals surface area contributed by atoms with Gasteiger partial charge in [0.15, 0.2) is 6.61 Å². The van der Waals surface area contributed by atoms with Crippen LogP contribution >= 0.6 is 0 Å². The molecule has 1 saturated carbocycles. The highest BCUT2D eigenvalue weighted by Gasteiger charge is 2.51. The van der Waals surface area contributed by atoms with Gasteiger partial charge in [-0.15, -0.1) is 0 Å². The van der Waals surface area contributed by atoms with Gasteiger partial charge in [0.25, 0.3) is 5.91 Å². The maximum absolute atomic E-state index is 12.9. The van der Waals surface area contributed by atoms with E-state index in [1.165, 1.54) is 19.1 Å². The van der Waals surface area contributed by atoms with E-state index in [4.69, 9.17) is 4.74 Å². The van der Waals surface area contributed by atoms with Gasteiger partial charge in [0.2, 0.25) is 11.8 Å². The molecule has 2 aliphatic rings. The number of esters is 1. The minimum atomic E-state index is -1.05. The van der Waals surface area contributed by atoms with E-state index < -0.39 is 24.5 Å². The van der Waals surface area contributed by atoms with Crippen molar-refractivity contribution in [1.82, 2.24) is 10.2 Å². The number of carbonyl (C=O) groups excluding carboxylic acids is 4. The first kappa shape index (κ1) is 21.0. The van der Waals surface area contributed by atoms with Gasteiger partial charge in [-0.3, -0.25) is 19.3 Å². The lowest BCUT2D eigenvalue weighted by molar-refractivity contribution is -0.159. The maximum Gasteiger partial charge on any atom is 0.329 e. The first-order valence-electron chi connectivity index (χ1n) is 9.93. The molecule has 7 nitrogen and oxygen atoms in total. The predicted molar refractivity (Wildman–Crippen MR) is 101 cm³/mol. The Hall–Kier alpha value is -2.77. The van der Waals surface area contributed by atoms with Crippen LogP contribution in [-0.4, -0.2) is 47.8 Å². The molecule has 1 aliphatic heterocycles.